The number of nitrogens with one attached hydrogen (secondary N) is 1. The predicted molar refractivity (Wildman–Crippen MR) is 73.5 cm³/mol. The molecule has 0 aromatic carbocycles. The summed E-state index contributed by atoms with van der Waals surface area (Å²) in [5, 5.41) is 0.754. The quantitative estimate of drug-likeness (QED) is 0.581. The van der Waals surface area contributed by atoms with Crippen LogP contribution < -0.4 is 4.72 Å². The summed E-state index contributed by atoms with van der Waals surface area (Å²) in [7, 11) is -3.36. The van der Waals surface area contributed by atoms with Gasteiger partial charge in [-0.05, 0) is 18.6 Å². The molecule has 0 spiro atoms. The van der Waals surface area contributed by atoms with Gasteiger partial charge < -0.3 is 4.74 Å². The lowest BCUT2D eigenvalue weighted by atomic mass is 10.4. The molecular formula is C10H16BrNO3S2. The van der Waals surface area contributed by atoms with Crippen molar-refractivity contribution in [2.75, 3.05) is 25.1 Å². The van der Waals surface area contributed by atoms with E-state index in [0.717, 1.165) is 16.6 Å². The molecule has 0 unspecified atom stereocenters. The summed E-state index contributed by atoms with van der Waals surface area (Å²) in [5.74, 6) is 0. The van der Waals surface area contributed by atoms with Gasteiger partial charge in [-0.2, -0.15) is 0 Å². The fourth-order valence-electron chi connectivity index (χ4n) is 1.17. The van der Waals surface area contributed by atoms with Crippen LogP contribution >= 0.6 is 27.3 Å². The Bertz CT molecular complexity index is 431. The first-order valence-corrected chi connectivity index (χ1v) is 8.74. The molecule has 1 N–H and O–H groups in total. The summed E-state index contributed by atoms with van der Waals surface area (Å²) in [4.78, 5) is 1.07. The van der Waals surface area contributed by atoms with Crippen molar-refractivity contribution in [2.45, 2.75) is 17.6 Å². The van der Waals surface area contributed by atoms with Gasteiger partial charge in [0.15, 0.2) is 0 Å². The van der Waals surface area contributed by atoms with Crippen molar-refractivity contribution in [3.63, 3.8) is 0 Å². The van der Waals surface area contributed by atoms with Crippen LogP contribution in [0.5, 0.6) is 0 Å². The SMILES string of the molecule is CCc1ccc(S(=O)(=O)NCCOCCBr)s1. The number of halogens is 1. The molecule has 98 valence electrons. The van der Waals surface area contributed by atoms with E-state index in [1.165, 1.54) is 11.3 Å². The van der Waals surface area contributed by atoms with Gasteiger partial charge in [0.05, 0.1) is 13.2 Å². The molecule has 0 bridgehead atoms. The Kier molecular flexibility index (Phi) is 6.65. The van der Waals surface area contributed by atoms with Crippen LogP contribution in [0.25, 0.3) is 0 Å². The summed E-state index contributed by atoms with van der Waals surface area (Å²) in [6, 6.07) is 3.49. The highest BCUT2D eigenvalue weighted by Crippen LogP contribution is 2.21. The Morgan fingerprint density at radius 3 is 2.76 bits per heavy atom. The molecule has 1 aromatic rings. The lowest BCUT2D eigenvalue weighted by Crippen LogP contribution is -2.27. The second-order valence-corrected chi connectivity index (χ2v) is 7.23. The second kappa shape index (κ2) is 7.48. The van der Waals surface area contributed by atoms with Gasteiger partial charge >= 0.3 is 0 Å². The van der Waals surface area contributed by atoms with E-state index in [1.54, 1.807) is 6.07 Å². The van der Waals surface area contributed by atoms with Crippen molar-refractivity contribution in [3.8, 4) is 0 Å². The molecule has 0 atom stereocenters. The van der Waals surface area contributed by atoms with Gasteiger partial charge in [0, 0.05) is 16.8 Å². The van der Waals surface area contributed by atoms with E-state index >= 15 is 0 Å². The van der Waals surface area contributed by atoms with Gasteiger partial charge in [-0.3, -0.25) is 0 Å². The fraction of sp³-hybridized carbons (Fsp3) is 0.600. The molecule has 7 heteroatoms. The number of aryl methyl sites for hydroxylation is 1. The van der Waals surface area contributed by atoms with Crippen LogP contribution in [-0.4, -0.2) is 33.5 Å². The molecule has 0 aliphatic rings. The predicted octanol–water partition coefficient (Wildman–Crippen LogP) is 2.00. The maximum atomic E-state index is 11.8. The molecule has 0 saturated heterocycles. The molecule has 0 aliphatic heterocycles. The van der Waals surface area contributed by atoms with E-state index < -0.39 is 10.0 Å². The zero-order valence-electron chi connectivity index (χ0n) is 9.61. The van der Waals surface area contributed by atoms with Gasteiger partial charge in [-0.1, -0.05) is 22.9 Å². The first-order chi connectivity index (χ1) is 8.10. The van der Waals surface area contributed by atoms with Gasteiger partial charge in [-0.25, -0.2) is 13.1 Å². The van der Waals surface area contributed by atoms with E-state index in [-0.39, 0.29) is 0 Å². The van der Waals surface area contributed by atoms with E-state index in [1.807, 2.05) is 13.0 Å². The Balaban J connectivity index is 2.45. The molecule has 17 heavy (non-hydrogen) atoms. The van der Waals surface area contributed by atoms with Crippen molar-refractivity contribution in [1.82, 2.24) is 4.72 Å². The largest absolute Gasteiger partial charge is 0.379 e. The zero-order chi connectivity index (χ0) is 12.7. The summed E-state index contributed by atoms with van der Waals surface area (Å²) >= 11 is 4.54. The molecule has 0 saturated carbocycles. The molecule has 0 aliphatic carbocycles. The molecule has 0 fully saturated rings. The van der Waals surface area contributed by atoms with Crippen molar-refractivity contribution in [2.24, 2.45) is 0 Å². The average Bonchev–Trinajstić information content (AvgIpc) is 2.78. The Labute approximate surface area is 115 Å². The first-order valence-electron chi connectivity index (χ1n) is 5.32. The minimum absolute atomic E-state index is 0.300. The molecule has 4 nitrogen and oxygen atoms in total. The number of sulfonamides is 1. The van der Waals surface area contributed by atoms with Crippen LogP contribution in [0.1, 0.15) is 11.8 Å². The Morgan fingerprint density at radius 2 is 2.18 bits per heavy atom. The van der Waals surface area contributed by atoms with Crippen LogP contribution in [0.2, 0.25) is 0 Å². The highest BCUT2D eigenvalue weighted by molar-refractivity contribution is 9.09. The van der Waals surface area contributed by atoms with Crippen molar-refractivity contribution >= 4 is 37.3 Å². The summed E-state index contributed by atoms with van der Waals surface area (Å²) in [6.07, 6.45) is 0.856. The number of thiophene rings is 1. The van der Waals surface area contributed by atoms with Crippen LogP contribution in [0.15, 0.2) is 16.3 Å². The van der Waals surface area contributed by atoms with Crippen molar-refractivity contribution in [1.29, 1.82) is 0 Å². The molecule has 1 rings (SSSR count). The van der Waals surface area contributed by atoms with Gasteiger partial charge in [0.2, 0.25) is 10.0 Å². The zero-order valence-corrected chi connectivity index (χ0v) is 12.8. The van der Waals surface area contributed by atoms with Gasteiger partial charge in [0.1, 0.15) is 4.21 Å². The average molecular weight is 342 g/mol. The van der Waals surface area contributed by atoms with Gasteiger partial charge in [0.25, 0.3) is 0 Å². The summed E-state index contributed by atoms with van der Waals surface area (Å²) < 4.78 is 31.7. The highest BCUT2D eigenvalue weighted by atomic mass is 79.9. The lowest BCUT2D eigenvalue weighted by molar-refractivity contribution is 0.156. The molecule has 0 amide bonds. The number of hydrogen-bond donors (Lipinski definition) is 1. The third kappa shape index (κ3) is 5.05. The van der Waals surface area contributed by atoms with Crippen molar-refractivity contribution < 1.29 is 13.2 Å². The molecule has 1 heterocycles. The minimum atomic E-state index is -3.36. The Morgan fingerprint density at radius 1 is 1.41 bits per heavy atom. The standard InChI is InChI=1S/C10H16BrNO3S2/c1-2-9-3-4-10(16-9)17(13,14)12-6-8-15-7-5-11/h3-4,12H,2,5-8H2,1H3. The molecule has 0 radical (unpaired) electrons. The maximum absolute atomic E-state index is 11.8. The monoisotopic (exact) mass is 341 g/mol. The van der Waals surface area contributed by atoms with E-state index in [9.17, 15) is 8.42 Å². The van der Waals surface area contributed by atoms with E-state index in [2.05, 4.69) is 20.7 Å². The second-order valence-electron chi connectivity index (χ2n) is 3.27. The number of ether oxygens (including phenoxy) is 1. The molecule has 1 aromatic heterocycles. The van der Waals surface area contributed by atoms with Crippen LogP contribution in [0, 0.1) is 0 Å². The number of hydrogen-bond acceptors (Lipinski definition) is 4. The van der Waals surface area contributed by atoms with Gasteiger partial charge in [-0.15, -0.1) is 11.3 Å². The van der Waals surface area contributed by atoms with Crippen molar-refractivity contribution in [3.05, 3.63) is 17.0 Å². The topological polar surface area (TPSA) is 55.4 Å². The maximum Gasteiger partial charge on any atom is 0.250 e. The van der Waals surface area contributed by atoms with E-state index in [0.29, 0.717) is 24.0 Å². The normalized spacial score (nSPS) is 11.9. The summed E-state index contributed by atoms with van der Waals surface area (Å²) in [5.41, 5.74) is 0. The first kappa shape index (κ1) is 15.1. The number of alkyl halides is 1. The highest BCUT2D eigenvalue weighted by Gasteiger charge is 2.15. The summed E-state index contributed by atoms with van der Waals surface area (Å²) in [6.45, 7) is 3.27. The fourth-order valence-corrected chi connectivity index (χ4v) is 3.75. The van der Waals surface area contributed by atoms with E-state index in [4.69, 9.17) is 4.74 Å². The van der Waals surface area contributed by atoms with Crippen LogP contribution in [0.4, 0.5) is 0 Å². The third-order valence-corrected chi connectivity index (χ3v) is 5.52. The third-order valence-electron chi connectivity index (χ3n) is 2.01. The van der Waals surface area contributed by atoms with Crippen LogP contribution in [-0.2, 0) is 21.2 Å². The minimum Gasteiger partial charge on any atom is -0.379 e. The van der Waals surface area contributed by atoms with Crippen LogP contribution in [0.3, 0.4) is 0 Å². The lowest BCUT2D eigenvalue weighted by Gasteiger charge is -2.04. The smallest absolute Gasteiger partial charge is 0.250 e. The Hall–Kier alpha value is 0.0500. The molecular weight excluding hydrogens is 326 g/mol. The number of rotatable bonds is 8.